The first-order valence-corrected chi connectivity index (χ1v) is 11.4. The first-order valence-electron chi connectivity index (χ1n) is 11.4. The number of benzene rings is 1. The van der Waals surface area contributed by atoms with Crippen molar-refractivity contribution in [3.8, 4) is 11.5 Å². The van der Waals surface area contributed by atoms with Crippen LogP contribution in [0.15, 0.2) is 33.8 Å². The van der Waals surface area contributed by atoms with Crippen LogP contribution in [0.5, 0.6) is 0 Å². The van der Waals surface area contributed by atoms with Crippen molar-refractivity contribution < 1.29 is 26.9 Å². The number of hydrogen-bond acceptors (Lipinski definition) is 6. The van der Waals surface area contributed by atoms with Crippen molar-refractivity contribution in [3.63, 3.8) is 0 Å². The SMILES string of the molecule is CN1CCC(=Nc2cccc3c2cc(-c2noc(CNC(=O)C4CC4)n2)n3CC(F)(F)F)[C@@H](F)C1. The summed E-state index contributed by atoms with van der Waals surface area (Å²) in [5.41, 5.74) is 1.12. The predicted molar refractivity (Wildman–Crippen MR) is 120 cm³/mol. The van der Waals surface area contributed by atoms with Crippen LogP contribution in [0.4, 0.5) is 23.2 Å². The number of fused-ring (bicyclic) bond motifs is 1. The Morgan fingerprint density at radius 3 is 2.83 bits per heavy atom. The van der Waals surface area contributed by atoms with Gasteiger partial charge in [0.25, 0.3) is 0 Å². The van der Waals surface area contributed by atoms with Crippen molar-refractivity contribution in [1.82, 2.24) is 24.9 Å². The number of aromatic nitrogens is 3. The molecule has 2 aromatic heterocycles. The second-order valence-electron chi connectivity index (χ2n) is 9.03. The fourth-order valence-electron chi connectivity index (χ4n) is 4.20. The maximum absolute atomic E-state index is 14.6. The van der Waals surface area contributed by atoms with Crippen LogP contribution in [0.25, 0.3) is 22.4 Å². The van der Waals surface area contributed by atoms with E-state index < -0.39 is 18.9 Å². The molecule has 1 aromatic carbocycles. The molecule has 3 aromatic rings. The number of rotatable bonds is 6. The molecule has 2 fully saturated rings. The van der Waals surface area contributed by atoms with E-state index in [1.165, 1.54) is 6.07 Å². The van der Waals surface area contributed by atoms with E-state index in [0.717, 1.165) is 17.4 Å². The lowest BCUT2D eigenvalue weighted by Gasteiger charge is -2.26. The molecule has 1 aliphatic carbocycles. The molecule has 0 radical (unpaired) electrons. The van der Waals surface area contributed by atoms with Crippen molar-refractivity contribution >= 4 is 28.2 Å². The van der Waals surface area contributed by atoms with Gasteiger partial charge in [-0.25, -0.2) is 4.39 Å². The Morgan fingerprint density at radius 1 is 1.31 bits per heavy atom. The third-order valence-electron chi connectivity index (χ3n) is 6.17. The van der Waals surface area contributed by atoms with E-state index in [2.05, 4.69) is 20.4 Å². The molecular weight excluding hydrogens is 468 g/mol. The first kappa shape index (κ1) is 23.5. The normalized spacial score (nSPS) is 20.6. The van der Waals surface area contributed by atoms with Gasteiger partial charge in [0.1, 0.15) is 6.54 Å². The molecule has 0 spiro atoms. The van der Waals surface area contributed by atoms with Gasteiger partial charge in [-0.2, -0.15) is 18.2 Å². The molecule has 5 rings (SSSR count). The van der Waals surface area contributed by atoms with Crippen LogP contribution in [0.2, 0.25) is 0 Å². The minimum Gasteiger partial charge on any atom is -0.347 e. The van der Waals surface area contributed by atoms with Gasteiger partial charge >= 0.3 is 6.18 Å². The Morgan fingerprint density at radius 2 is 2.11 bits per heavy atom. The number of piperidine rings is 1. The van der Waals surface area contributed by atoms with Crippen LogP contribution < -0.4 is 5.32 Å². The highest BCUT2D eigenvalue weighted by Crippen LogP contribution is 2.36. The van der Waals surface area contributed by atoms with Gasteiger partial charge in [0, 0.05) is 30.8 Å². The smallest absolute Gasteiger partial charge is 0.347 e. The van der Waals surface area contributed by atoms with Crippen molar-refractivity contribution in [2.24, 2.45) is 10.9 Å². The topological polar surface area (TPSA) is 88.6 Å². The third-order valence-corrected chi connectivity index (χ3v) is 6.17. The van der Waals surface area contributed by atoms with Gasteiger partial charge in [-0.15, -0.1) is 0 Å². The van der Waals surface area contributed by atoms with Gasteiger partial charge in [-0.05, 0) is 38.1 Å². The van der Waals surface area contributed by atoms with E-state index in [1.807, 2.05) is 11.9 Å². The number of likely N-dealkylation sites (tertiary alicyclic amines) is 1. The molecule has 3 heterocycles. The monoisotopic (exact) mass is 492 g/mol. The number of amides is 1. The molecule has 8 nitrogen and oxygen atoms in total. The van der Waals surface area contributed by atoms with E-state index in [-0.39, 0.29) is 47.8 Å². The van der Waals surface area contributed by atoms with Crippen molar-refractivity contribution in [2.75, 3.05) is 20.1 Å². The highest BCUT2D eigenvalue weighted by atomic mass is 19.4. The molecule has 35 heavy (non-hydrogen) atoms. The second kappa shape index (κ2) is 9.06. The van der Waals surface area contributed by atoms with E-state index in [9.17, 15) is 22.4 Å². The average Bonchev–Trinajstić information content (AvgIpc) is 3.44. The standard InChI is InChI=1S/C23H24F4N6O2/c1-32-8-7-17(15(24)11-32)29-16-3-2-4-18-14(16)9-19(33(18)12-23(25,26)27)21-30-20(35-31-21)10-28-22(34)13-5-6-13/h2-4,9,13,15H,5-8,10-12H2,1H3,(H,28,34)/t15-/m0/s1. The molecule has 1 amide bonds. The second-order valence-corrected chi connectivity index (χ2v) is 9.03. The zero-order chi connectivity index (χ0) is 24.7. The van der Waals surface area contributed by atoms with E-state index >= 15 is 0 Å². The molecule has 12 heteroatoms. The summed E-state index contributed by atoms with van der Waals surface area (Å²) in [6.07, 6.45) is -3.64. The summed E-state index contributed by atoms with van der Waals surface area (Å²) in [6, 6.07) is 6.31. The molecule has 1 saturated carbocycles. The fraction of sp³-hybridized carbons (Fsp3) is 0.478. The lowest BCUT2D eigenvalue weighted by molar-refractivity contribution is -0.139. The van der Waals surface area contributed by atoms with Gasteiger partial charge in [-0.1, -0.05) is 11.2 Å². The number of nitrogens with zero attached hydrogens (tertiary/aromatic N) is 5. The quantitative estimate of drug-likeness (QED) is 0.525. The molecule has 1 aliphatic heterocycles. The number of carbonyl (C=O) groups is 1. The molecule has 186 valence electrons. The highest BCUT2D eigenvalue weighted by molar-refractivity contribution is 5.99. The van der Waals surface area contributed by atoms with Crippen LogP contribution in [0.3, 0.4) is 0 Å². The van der Waals surface area contributed by atoms with Crippen molar-refractivity contribution in [2.45, 2.75) is 44.7 Å². The predicted octanol–water partition coefficient (Wildman–Crippen LogP) is 4.03. The summed E-state index contributed by atoms with van der Waals surface area (Å²) < 4.78 is 61.2. The Bertz CT molecular complexity index is 1280. The van der Waals surface area contributed by atoms with E-state index in [0.29, 0.717) is 29.8 Å². The number of aliphatic imine (C=N–C) groups is 1. The zero-order valence-electron chi connectivity index (χ0n) is 19.0. The minimum absolute atomic E-state index is 0.000214. The lowest BCUT2D eigenvalue weighted by atomic mass is 10.1. The van der Waals surface area contributed by atoms with Gasteiger partial charge in [0.05, 0.1) is 29.2 Å². The number of alkyl halides is 4. The molecule has 0 unspecified atom stereocenters. The molecular formula is C23H24F4N6O2. The zero-order valence-corrected chi connectivity index (χ0v) is 19.0. The maximum Gasteiger partial charge on any atom is 0.406 e. The van der Waals surface area contributed by atoms with Gasteiger partial charge < -0.3 is 19.3 Å². The first-order chi connectivity index (χ1) is 16.7. The number of hydrogen-bond donors (Lipinski definition) is 1. The molecule has 1 atom stereocenters. The summed E-state index contributed by atoms with van der Waals surface area (Å²) in [5, 5.41) is 6.97. The van der Waals surface area contributed by atoms with Gasteiger partial charge in [0.15, 0.2) is 6.17 Å². The van der Waals surface area contributed by atoms with Crippen molar-refractivity contribution in [1.29, 1.82) is 0 Å². The number of halogens is 4. The summed E-state index contributed by atoms with van der Waals surface area (Å²) in [7, 11) is 1.82. The highest BCUT2D eigenvalue weighted by Gasteiger charge is 2.32. The summed E-state index contributed by atoms with van der Waals surface area (Å²) in [6.45, 7) is -0.408. The van der Waals surface area contributed by atoms with E-state index in [4.69, 9.17) is 4.52 Å². The Hall–Kier alpha value is -3.28. The molecule has 0 bridgehead atoms. The molecule has 2 aliphatic rings. The molecule has 1 saturated heterocycles. The van der Waals surface area contributed by atoms with Crippen LogP contribution in [-0.4, -0.2) is 63.7 Å². The molecule has 1 N–H and O–H groups in total. The van der Waals surface area contributed by atoms with E-state index in [1.54, 1.807) is 18.2 Å². The maximum atomic E-state index is 14.6. The number of carbonyl (C=O) groups excluding carboxylic acids is 1. The minimum atomic E-state index is -4.51. The fourth-order valence-corrected chi connectivity index (χ4v) is 4.20. The van der Waals surface area contributed by atoms with Gasteiger partial charge in [-0.3, -0.25) is 9.79 Å². The summed E-state index contributed by atoms with van der Waals surface area (Å²) in [4.78, 5) is 22.4. The summed E-state index contributed by atoms with van der Waals surface area (Å²) >= 11 is 0. The summed E-state index contributed by atoms with van der Waals surface area (Å²) in [5.74, 6) is -0.0627. The van der Waals surface area contributed by atoms with Crippen molar-refractivity contribution in [3.05, 3.63) is 30.2 Å². The van der Waals surface area contributed by atoms with Crippen LogP contribution in [0.1, 0.15) is 25.2 Å². The lowest BCUT2D eigenvalue weighted by Crippen LogP contribution is -2.39. The Labute approximate surface area is 198 Å². The van der Waals surface area contributed by atoms with Crippen LogP contribution in [-0.2, 0) is 17.9 Å². The largest absolute Gasteiger partial charge is 0.406 e. The number of nitrogens with one attached hydrogen (secondary N) is 1. The van der Waals surface area contributed by atoms with Gasteiger partial charge in [0.2, 0.25) is 17.6 Å². The van der Waals surface area contributed by atoms with Crippen LogP contribution >= 0.6 is 0 Å². The average molecular weight is 492 g/mol. The third kappa shape index (κ3) is 5.21. The Balaban J connectivity index is 1.51. The Kier molecular flexibility index (Phi) is 6.07. The van der Waals surface area contributed by atoms with Crippen LogP contribution in [0, 0.1) is 5.92 Å².